The molecule has 0 heterocycles. The molecule has 0 saturated carbocycles. The molecule has 16 heavy (non-hydrogen) atoms. The Balaban J connectivity index is 2.43. The van der Waals surface area contributed by atoms with E-state index in [4.69, 9.17) is 0 Å². The molecule has 0 saturated heterocycles. The van der Waals surface area contributed by atoms with Gasteiger partial charge in [0, 0.05) is 0 Å². The van der Waals surface area contributed by atoms with Crippen molar-refractivity contribution >= 4 is 0 Å². The van der Waals surface area contributed by atoms with Gasteiger partial charge in [0.2, 0.25) is 0 Å². The minimum atomic E-state index is 0.520. The van der Waals surface area contributed by atoms with Crippen LogP contribution in [0.5, 0.6) is 0 Å². The molecule has 0 nitrogen and oxygen atoms in total. The van der Waals surface area contributed by atoms with Crippen LogP contribution in [-0.2, 0) is 0 Å². The van der Waals surface area contributed by atoms with Crippen LogP contribution in [-0.4, -0.2) is 0 Å². The van der Waals surface area contributed by atoms with E-state index in [2.05, 4.69) is 45.6 Å². The Morgan fingerprint density at radius 2 is 2.25 bits per heavy atom. The van der Waals surface area contributed by atoms with E-state index < -0.39 is 0 Å². The Hall–Kier alpha value is -1.04. The van der Waals surface area contributed by atoms with Crippen molar-refractivity contribution in [1.82, 2.24) is 0 Å². The summed E-state index contributed by atoms with van der Waals surface area (Å²) < 4.78 is 0. The van der Waals surface area contributed by atoms with E-state index >= 15 is 0 Å². The first-order valence-electron chi connectivity index (χ1n) is 6.17. The lowest BCUT2D eigenvalue weighted by atomic mass is 9.78. The maximum absolute atomic E-state index is 3.69. The third kappa shape index (κ3) is 4.65. The Bertz CT molecular complexity index is 324. The van der Waals surface area contributed by atoms with Gasteiger partial charge in [0.05, 0.1) is 0 Å². The minimum absolute atomic E-state index is 0.520. The summed E-state index contributed by atoms with van der Waals surface area (Å²) in [5.74, 6) is 0. The summed E-state index contributed by atoms with van der Waals surface area (Å²) in [5.41, 5.74) is 3.39. The molecule has 0 unspecified atom stereocenters. The van der Waals surface area contributed by atoms with Crippen LogP contribution in [0.15, 0.2) is 48.1 Å². The summed E-state index contributed by atoms with van der Waals surface area (Å²) in [4.78, 5) is 0. The lowest BCUT2D eigenvalue weighted by molar-refractivity contribution is 0.323. The molecule has 0 aromatic carbocycles. The van der Waals surface area contributed by atoms with Crippen LogP contribution in [0.25, 0.3) is 0 Å². The van der Waals surface area contributed by atoms with E-state index in [1.54, 1.807) is 5.57 Å². The zero-order valence-corrected chi connectivity index (χ0v) is 10.9. The van der Waals surface area contributed by atoms with E-state index in [0.717, 1.165) is 6.42 Å². The van der Waals surface area contributed by atoms with Gasteiger partial charge in [-0.15, -0.1) is 0 Å². The standard InChI is InChI=1S/C16H24/c1-5-7-14(2)8-6-9-15-10-12-16(3,4)13-11-15/h5-8,10H,1,9,11-13H2,2-4H3/b8-6-,14-7-. The number of allylic oxidation sites excluding steroid dienone is 7. The Kier molecular flexibility index (Phi) is 4.79. The molecule has 1 aliphatic rings. The third-order valence-corrected chi connectivity index (χ3v) is 3.21. The van der Waals surface area contributed by atoms with Crippen molar-refractivity contribution in [2.75, 3.05) is 0 Å². The molecule has 0 N–H and O–H groups in total. The van der Waals surface area contributed by atoms with Crippen molar-refractivity contribution in [3.63, 3.8) is 0 Å². The van der Waals surface area contributed by atoms with Crippen LogP contribution in [0, 0.1) is 5.41 Å². The second-order valence-electron chi connectivity index (χ2n) is 5.48. The van der Waals surface area contributed by atoms with Crippen molar-refractivity contribution in [3.05, 3.63) is 48.1 Å². The largest absolute Gasteiger partial charge is 0.0991 e. The molecular formula is C16H24. The van der Waals surface area contributed by atoms with Gasteiger partial charge in [-0.3, -0.25) is 0 Å². The highest BCUT2D eigenvalue weighted by Gasteiger charge is 2.20. The lowest BCUT2D eigenvalue weighted by Gasteiger charge is -2.28. The van der Waals surface area contributed by atoms with E-state index in [0.29, 0.717) is 5.41 Å². The highest BCUT2D eigenvalue weighted by atomic mass is 14.3. The van der Waals surface area contributed by atoms with Crippen molar-refractivity contribution in [2.24, 2.45) is 5.41 Å². The first-order chi connectivity index (χ1) is 7.53. The molecule has 0 aromatic heterocycles. The maximum atomic E-state index is 3.69. The predicted octanol–water partition coefficient (Wildman–Crippen LogP) is 5.20. The monoisotopic (exact) mass is 216 g/mol. The van der Waals surface area contributed by atoms with Crippen molar-refractivity contribution < 1.29 is 0 Å². The minimum Gasteiger partial charge on any atom is -0.0991 e. The van der Waals surface area contributed by atoms with Gasteiger partial charge in [-0.1, -0.05) is 62.0 Å². The maximum Gasteiger partial charge on any atom is -0.0136 e. The van der Waals surface area contributed by atoms with Crippen molar-refractivity contribution in [2.45, 2.75) is 46.5 Å². The molecular weight excluding hydrogens is 192 g/mol. The van der Waals surface area contributed by atoms with Gasteiger partial charge in [0.15, 0.2) is 0 Å². The van der Waals surface area contributed by atoms with E-state index in [9.17, 15) is 0 Å². The van der Waals surface area contributed by atoms with E-state index in [-0.39, 0.29) is 0 Å². The van der Waals surface area contributed by atoms with Crippen LogP contribution < -0.4 is 0 Å². The SMILES string of the molecule is C=C/C=C(C)\C=C/CC1=CCC(C)(C)CC1. The van der Waals surface area contributed by atoms with Gasteiger partial charge in [-0.25, -0.2) is 0 Å². The Morgan fingerprint density at radius 3 is 2.81 bits per heavy atom. The van der Waals surface area contributed by atoms with Gasteiger partial charge >= 0.3 is 0 Å². The van der Waals surface area contributed by atoms with Gasteiger partial charge < -0.3 is 0 Å². The van der Waals surface area contributed by atoms with Crippen molar-refractivity contribution in [3.8, 4) is 0 Å². The molecule has 0 aromatic rings. The third-order valence-electron chi connectivity index (χ3n) is 3.21. The number of hydrogen-bond donors (Lipinski definition) is 0. The van der Waals surface area contributed by atoms with Crippen LogP contribution in [0.3, 0.4) is 0 Å². The first-order valence-corrected chi connectivity index (χ1v) is 6.17. The van der Waals surface area contributed by atoms with Gasteiger partial charge in [0.25, 0.3) is 0 Å². The summed E-state index contributed by atoms with van der Waals surface area (Å²) >= 11 is 0. The van der Waals surface area contributed by atoms with Gasteiger partial charge in [0.1, 0.15) is 0 Å². The summed E-state index contributed by atoms with van der Waals surface area (Å²) in [6.45, 7) is 10.5. The Morgan fingerprint density at radius 1 is 1.50 bits per heavy atom. The average molecular weight is 216 g/mol. The topological polar surface area (TPSA) is 0 Å². The summed E-state index contributed by atoms with van der Waals surface area (Å²) in [6.07, 6.45) is 15.7. The Labute approximate surface area is 100 Å². The molecule has 0 amide bonds. The molecule has 0 radical (unpaired) electrons. The molecule has 0 spiro atoms. The van der Waals surface area contributed by atoms with Crippen LogP contribution >= 0.6 is 0 Å². The molecule has 0 fully saturated rings. The van der Waals surface area contributed by atoms with E-state index in [1.165, 1.54) is 24.8 Å². The molecule has 0 bridgehead atoms. The van der Waals surface area contributed by atoms with Crippen LogP contribution in [0.2, 0.25) is 0 Å². The summed E-state index contributed by atoms with van der Waals surface area (Å²) in [6, 6.07) is 0. The van der Waals surface area contributed by atoms with Gasteiger partial charge in [-0.2, -0.15) is 0 Å². The highest BCUT2D eigenvalue weighted by molar-refractivity contribution is 5.22. The average Bonchev–Trinajstić information content (AvgIpc) is 2.21. The molecule has 0 aliphatic heterocycles. The predicted molar refractivity (Wildman–Crippen MR) is 73.4 cm³/mol. The fourth-order valence-corrected chi connectivity index (χ4v) is 1.95. The van der Waals surface area contributed by atoms with Gasteiger partial charge in [-0.05, 0) is 38.0 Å². The number of rotatable bonds is 4. The first kappa shape index (κ1) is 13.0. The van der Waals surface area contributed by atoms with E-state index in [1.807, 2.05) is 12.2 Å². The molecule has 0 atom stereocenters. The fraction of sp³-hybridized carbons (Fsp3) is 0.500. The zero-order valence-electron chi connectivity index (χ0n) is 10.9. The normalized spacial score (nSPS) is 20.9. The molecule has 88 valence electrons. The van der Waals surface area contributed by atoms with Crippen molar-refractivity contribution in [1.29, 1.82) is 0 Å². The van der Waals surface area contributed by atoms with Crippen LogP contribution in [0.1, 0.15) is 46.5 Å². The zero-order chi connectivity index (χ0) is 12.0. The fourth-order valence-electron chi connectivity index (χ4n) is 1.95. The summed E-state index contributed by atoms with van der Waals surface area (Å²) in [7, 11) is 0. The highest BCUT2D eigenvalue weighted by Crippen LogP contribution is 2.35. The molecule has 1 aliphatic carbocycles. The second kappa shape index (κ2) is 5.89. The summed E-state index contributed by atoms with van der Waals surface area (Å²) in [5, 5.41) is 0. The quantitative estimate of drug-likeness (QED) is 0.447. The molecule has 1 rings (SSSR count). The lowest BCUT2D eigenvalue weighted by Crippen LogP contribution is -2.14. The van der Waals surface area contributed by atoms with Crippen LogP contribution in [0.4, 0.5) is 0 Å². The number of hydrogen-bond acceptors (Lipinski definition) is 0. The second-order valence-corrected chi connectivity index (χ2v) is 5.48. The molecule has 0 heteroatoms. The smallest absolute Gasteiger partial charge is 0.0136 e.